The van der Waals surface area contributed by atoms with Crippen LogP contribution in [0.5, 0.6) is 0 Å². The van der Waals surface area contributed by atoms with Crippen molar-refractivity contribution in [3.05, 3.63) is 23.3 Å². The number of aliphatic hydroxyl groups is 3. The summed E-state index contributed by atoms with van der Waals surface area (Å²) in [6.45, 7) is 10.8. The first-order valence-corrected chi connectivity index (χ1v) is 6.28. The summed E-state index contributed by atoms with van der Waals surface area (Å²) in [5.41, 5.74) is -2.81. The highest BCUT2D eigenvalue weighted by Crippen LogP contribution is 2.24. The Bertz CT molecular complexity index is 395. The Morgan fingerprint density at radius 3 is 1.47 bits per heavy atom. The average Bonchev–Trinajstić information content (AvgIpc) is 2.11. The van der Waals surface area contributed by atoms with Crippen LogP contribution in [0.1, 0.15) is 48.5 Å². The fourth-order valence-corrected chi connectivity index (χ4v) is 1.12. The number of hydrogen-bond donors (Lipinski definition) is 3. The molecule has 4 heteroatoms. The molecule has 0 aliphatic heterocycles. The van der Waals surface area contributed by atoms with Crippen molar-refractivity contribution < 1.29 is 20.1 Å². The van der Waals surface area contributed by atoms with E-state index in [2.05, 4.69) is 0 Å². The maximum absolute atomic E-state index is 11.8. The van der Waals surface area contributed by atoms with Gasteiger partial charge in [0, 0.05) is 0 Å². The van der Waals surface area contributed by atoms with E-state index >= 15 is 0 Å². The van der Waals surface area contributed by atoms with Gasteiger partial charge in [0.05, 0.1) is 11.2 Å². The van der Waals surface area contributed by atoms with Crippen molar-refractivity contribution in [1.82, 2.24) is 0 Å². The predicted octanol–water partition coefficient (Wildman–Crippen LogP) is 1.74. The Morgan fingerprint density at radius 1 is 0.789 bits per heavy atom. The minimum atomic E-state index is -1.49. The van der Waals surface area contributed by atoms with Gasteiger partial charge < -0.3 is 15.3 Å². The fourth-order valence-electron chi connectivity index (χ4n) is 1.12. The van der Waals surface area contributed by atoms with E-state index in [1.165, 1.54) is 19.9 Å². The summed E-state index contributed by atoms with van der Waals surface area (Å²) in [6, 6.07) is 0. The normalized spacial score (nSPS) is 15.7. The van der Waals surface area contributed by atoms with E-state index in [1.807, 2.05) is 0 Å². The third kappa shape index (κ3) is 6.14. The molecule has 0 heterocycles. The van der Waals surface area contributed by atoms with E-state index in [9.17, 15) is 20.1 Å². The van der Waals surface area contributed by atoms with Gasteiger partial charge in [0.15, 0.2) is 5.78 Å². The van der Waals surface area contributed by atoms with Crippen LogP contribution in [0, 0.1) is 0 Å². The first kappa shape index (κ1) is 18.0. The molecule has 0 fully saturated rings. The molecule has 0 amide bonds. The Hall–Kier alpha value is -0.970. The number of carbonyl (C=O) groups is 1. The molecule has 0 aromatic rings. The smallest absolute Gasteiger partial charge is 0.186 e. The van der Waals surface area contributed by atoms with Crippen molar-refractivity contribution in [2.24, 2.45) is 0 Å². The highest BCUT2D eigenvalue weighted by Gasteiger charge is 2.26. The molecule has 0 aliphatic rings. The fraction of sp³-hybridized carbons (Fsp3) is 0.667. The molecule has 0 bridgehead atoms. The molecule has 3 N–H and O–H groups in total. The van der Waals surface area contributed by atoms with E-state index in [0.29, 0.717) is 11.1 Å². The second-order valence-corrected chi connectivity index (χ2v) is 6.47. The Labute approximate surface area is 115 Å². The van der Waals surface area contributed by atoms with Crippen molar-refractivity contribution in [3.63, 3.8) is 0 Å². The van der Waals surface area contributed by atoms with Crippen molar-refractivity contribution >= 4 is 5.78 Å². The maximum atomic E-state index is 11.8. The van der Waals surface area contributed by atoms with Crippen LogP contribution in [0.25, 0.3) is 0 Å². The third-order valence-electron chi connectivity index (χ3n) is 2.93. The Balaban J connectivity index is 5.65. The highest BCUT2D eigenvalue weighted by molar-refractivity contribution is 5.97. The first-order chi connectivity index (χ1) is 8.15. The number of ketones is 1. The van der Waals surface area contributed by atoms with Gasteiger partial charge in [-0.05, 0) is 65.7 Å². The minimum Gasteiger partial charge on any atom is -0.386 e. The summed E-state index contributed by atoms with van der Waals surface area (Å²) in [7, 11) is 0. The van der Waals surface area contributed by atoms with Crippen molar-refractivity contribution in [3.8, 4) is 0 Å². The summed E-state index contributed by atoms with van der Waals surface area (Å²) in [4.78, 5) is 11.8. The SMILES string of the molecule is C/C(=C\C(=C\C(=O)C(C)(C)O)C(C)(C)O)C(C)(C)O. The Morgan fingerprint density at radius 2 is 1.21 bits per heavy atom. The lowest BCUT2D eigenvalue weighted by molar-refractivity contribution is -0.129. The largest absolute Gasteiger partial charge is 0.386 e. The zero-order valence-corrected chi connectivity index (χ0v) is 12.9. The van der Waals surface area contributed by atoms with Crippen molar-refractivity contribution in [2.75, 3.05) is 0 Å². The van der Waals surface area contributed by atoms with Gasteiger partial charge in [0.25, 0.3) is 0 Å². The quantitative estimate of drug-likeness (QED) is 0.525. The molecule has 0 saturated heterocycles. The lowest BCUT2D eigenvalue weighted by Crippen LogP contribution is -2.32. The molecule has 0 aromatic heterocycles. The summed E-state index contributed by atoms with van der Waals surface area (Å²) >= 11 is 0. The zero-order valence-electron chi connectivity index (χ0n) is 12.9. The van der Waals surface area contributed by atoms with Crippen molar-refractivity contribution in [1.29, 1.82) is 0 Å². The van der Waals surface area contributed by atoms with E-state index < -0.39 is 22.6 Å². The molecule has 0 unspecified atom stereocenters. The van der Waals surface area contributed by atoms with E-state index in [1.54, 1.807) is 40.7 Å². The maximum Gasteiger partial charge on any atom is 0.186 e. The third-order valence-corrected chi connectivity index (χ3v) is 2.93. The number of hydrogen-bond acceptors (Lipinski definition) is 4. The molecular weight excluding hydrogens is 244 g/mol. The highest BCUT2D eigenvalue weighted by atomic mass is 16.3. The topological polar surface area (TPSA) is 77.8 Å². The van der Waals surface area contributed by atoms with Gasteiger partial charge in [-0.1, -0.05) is 6.08 Å². The van der Waals surface area contributed by atoms with Gasteiger partial charge in [-0.3, -0.25) is 4.79 Å². The lowest BCUT2D eigenvalue weighted by Gasteiger charge is -2.24. The van der Waals surface area contributed by atoms with Crippen LogP contribution in [-0.2, 0) is 4.79 Å². The monoisotopic (exact) mass is 270 g/mol. The summed E-state index contributed by atoms with van der Waals surface area (Å²) in [6.07, 6.45) is 2.79. The lowest BCUT2D eigenvalue weighted by atomic mass is 9.89. The van der Waals surface area contributed by atoms with Gasteiger partial charge in [-0.25, -0.2) is 0 Å². The van der Waals surface area contributed by atoms with Gasteiger partial charge in [-0.15, -0.1) is 0 Å². The van der Waals surface area contributed by atoms with Gasteiger partial charge >= 0.3 is 0 Å². The summed E-state index contributed by atoms with van der Waals surface area (Å²) in [5.74, 6) is -0.496. The second kappa shape index (κ2) is 5.57. The van der Waals surface area contributed by atoms with Crippen LogP contribution in [0.15, 0.2) is 23.3 Å². The van der Waals surface area contributed by atoms with E-state index in [4.69, 9.17) is 0 Å². The zero-order chi connectivity index (χ0) is 15.6. The molecule has 0 radical (unpaired) electrons. The van der Waals surface area contributed by atoms with E-state index in [-0.39, 0.29) is 0 Å². The van der Waals surface area contributed by atoms with Crippen LogP contribution in [0.3, 0.4) is 0 Å². The van der Waals surface area contributed by atoms with E-state index in [0.717, 1.165) is 0 Å². The molecule has 0 saturated carbocycles. The minimum absolute atomic E-state index is 0.347. The average molecular weight is 270 g/mol. The molecule has 0 atom stereocenters. The first-order valence-electron chi connectivity index (χ1n) is 6.28. The number of carbonyl (C=O) groups excluding carboxylic acids is 1. The second-order valence-electron chi connectivity index (χ2n) is 6.47. The standard InChI is InChI=1S/C15H26O4/c1-10(13(2,3)17)8-11(14(4,5)18)9-12(16)15(6,7)19/h8-9,17-19H,1-7H3/b10-8+,11-9-. The van der Waals surface area contributed by atoms with Crippen LogP contribution in [-0.4, -0.2) is 37.9 Å². The summed E-state index contributed by atoms with van der Waals surface area (Å²) in [5, 5.41) is 29.6. The Kier molecular flexibility index (Phi) is 5.29. The van der Waals surface area contributed by atoms with Gasteiger partial charge in [0.1, 0.15) is 5.60 Å². The predicted molar refractivity (Wildman–Crippen MR) is 75.7 cm³/mol. The van der Waals surface area contributed by atoms with Crippen LogP contribution >= 0.6 is 0 Å². The van der Waals surface area contributed by atoms with Gasteiger partial charge in [-0.2, -0.15) is 0 Å². The van der Waals surface area contributed by atoms with Crippen molar-refractivity contribution in [2.45, 2.75) is 65.3 Å². The molecule has 19 heavy (non-hydrogen) atoms. The van der Waals surface area contributed by atoms with Gasteiger partial charge in [0.2, 0.25) is 0 Å². The molecular formula is C15H26O4. The number of rotatable bonds is 5. The van der Waals surface area contributed by atoms with Crippen LogP contribution in [0.2, 0.25) is 0 Å². The summed E-state index contributed by atoms with van der Waals surface area (Å²) < 4.78 is 0. The molecule has 110 valence electrons. The molecule has 4 nitrogen and oxygen atoms in total. The molecule has 0 aliphatic carbocycles. The molecule has 0 aromatic carbocycles. The van der Waals surface area contributed by atoms with Crippen LogP contribution < -0.4 is 0 Å². The van der Waals surface area contributed by atoms with Crippen LogP contribution in [0.4, 0.5) is 0 Å². The molecule has 0 spiro atoms. The molecule has 0 rings (SSSR count).